The highest BCUT2D eigenvalue weighted by atomic mass is 35.5. The lowest BCUT2D eigenvalue weighted by molar-refractivity contribution is -0.115. The molecule has 0 atom stereocenters. The van der Waals surface area contributed by atoms with Gasteiger partial charge in [0.05, 0.1) is 27.8 Å². The van der Waals surface area contributed by atoms with Crippen LogP contribution in [0.4, 0.5) is 5.69 Å². The number of benzene rings is 1. The summed E-state index contributed by atoms with van der Waals surface area (Å²) in [5.41, 5.74) is 0.774. The molecular weight excluding hydrogens is 313 g/mol. The molecule has 108 valence electrons. The summed E-state index contributed by atoms with van der Waals surface area (Å²) in [7, 11) is 0. The quantitative estimate of drug-likeness (QED) is 0.908. The maximum Gasteiger partial charge on any atom is 0.253 e. The topological polar surface area (TPSA) is 71.1 Å². The summed E-state index contributed by atoms with van der Waals surface area (Å²) in [6.45, 7) is -0.184. The minimum Gasteiger partial charge on any atom is -0.343 e. The molecule has 0 spiro atoms. The maximum absolute atomic E-state index is 11.8. The lowest BCUT2D eigenvalue weighted by atomic mass is 10.2. The summed E-state index contributed by atoms with van der Waals surface area (Å²) >= 11 is 11.8. The number of nitrogens with zero attached hydrogens (tertiary/aromatic N) is 1. The van der Waals surface area contributed by atoms with Crippen LogP contribution in [0.2, 0.25) is 10.0 Å². The van der Waals surface area contributed by atoms with Crippen LogP contribution in [-0.2, 0) is 4.79 Å². The molecule has 0 saturated carbocycles. The van der Waals surface area contributed by atoms with Gasteiger partial charge in [-0.05, 0) is 24.3 Å². The van der Waals surface area contributed by atoms with Crippen molar-refractivity contribution >= 4 is 40.7 Å². The molecular formula is C14H11Cl2N3O2. The first-order valence-corrected chi connectivity index (χ1v) is 6.75. The van der Waals surface area contributed by atoms with Crippen molar-refractivity contribution in [2.45, 2.75) is 0 Å². The van der Waals surface area contributed by atoms with E-state index < -0.39 is 5.91 Å². The number of aromatic nitrogens is 1. The van der Waals surface area contributed by atoms with Crippen LogP contribution in [0.5, 0.6) is 0 Å². The average Bonchev–Trinajstić information content (AvgIpc) is 2.50. The van der Waals surface area contributed by atoms with E-state index in [1.165, 1.54) is 6.20 Å². The van der Waals surface area contributed by atoms with Gasteiger partial charge in [-0.3, -0.25) is 14.6 Å². The maximum atomic E-state index is 11.8. The molecule has 5 nitrogen and oxygen atoms in total. The zero-order valence-electron chi connectivity index (χ0n) is 10.8. The Balaban J connectivity index is 1.91. The van der Waals surface area contributed by atoms with E-state index in [0.717, 1.165) is 0 Å². The van der Waals surface area contributed by atoms with E-state index >= 15 is 0 Å². The number of carbonyl (C=O) groups is 2. The molecule has 0 fully saturated rings. The number of hydrogen-bond acceptors (Lipinski definition) is 3. The number of halogens is 2. The van der Waals surface area contributed by atoms with Crippen molar-refractivity contribution in [1.29, 1.82) is 0 Å². The van der Waals surface area contributed by atoms with Gasteiger partial charge >= 0.3 is 0 Å². The third-order valence-electron chi connectivity index (χ3n) is 2.56. The van der Waals surface area contributed by atoms with Gasteiger partial charge in [0.25, 0.3) is 5.91 Å². The number of nitrogens with one attached hydrogen (secondary N) is 2. The molecule has 7 heteroatoms. The second-order valence-electron chi connectivity index (χ2n) is 4.07. The lowest BCUT2D eigenvalue weighted by Gasteiger charge is -2.09. The second kappa shape index (κ2) is 7.06. The Bertz CT molecular complexity index is 663. The van der Waals surface area contributed by atoms with E-state index in [1.807, 2.05) is 0 Å². The van der Waals surface area contributed by atoms with Crippen LogP contribution >= 0.6 is 23.2 Å². The molecule has 1 aromatic heterocycles. The number of rotatable bonds is 4. The predicted octanol–water partition coefficient (Wildman–Crippen LogP) is 2.76. The Morgan fingerprint density at radius 3 is 2.67 bits per heavy atom. The number of carbonyl (C=O) groups excluding carboxylic acids is 2. The molecule has 2 N–H and O–H groups in total. The fraction of sp³-hybridized carbons (Fsp3) is 0.0714. The minimum absolute atomic E-state index is 0.184. The highest BCUT2D eigenvalue weighted by Crippen LogP contribution is 2.29. The van der Waals surface area contributed by atoms with Crippen LogP contribution in [-0.4, -0.2) is 23.3 Å². The summed E-state index contributed by atoms with van der Waals surface area (Å²) in [5, 5.41) is 5.66. The van der Waals surface area contributed by atoms with Crippen LogP contribution in [0.25, 0.3) is 0 Å². The van der Waals surface area contributed by atoms with Gasteiger partial charge in [0.2, 0.25) is 5.91 Å². The predicted molar refractivity (Wildman–Crippen MR) is 81.7 cm³/mol. The zero-order chi connectivity index (χ0) is 15.2. The normalized spacial score (nSPS) is 10.0. The number of amides is 2. The van der Waals surface area contributed by atoms with Crippen molar-refractivity contribution in [2.75, 3.05) is 11.9 Å². The Morgan fingerprint density at radius 1 is 1.14 bits per heavy atom. The van der Waals surface area contributed by atoms with Gasteiger partial charge in [-0.1, -0.05) is 29.3 Å². The highest BCUT2D eigenvalue weighted by Gasteiger charge is 2.10. The number of anilines is 1. The molecule has 0 aliphatic carbocycles. The first-order valence-electron chi connectivity index (χ1n) is 6.00. The van der Waals surface area contributed by atoms with E-state index in [0.29, 0.717) is 16.3 Å². The molecule has 0 saturated heterocycles. The Labute approximate surface area is 131 Å². The molecule has 0 radical (unpaired) electrons. The first-order chi connectivity index (χ1) is 10.1. The van der Waals surface area contributed by atoms with Gasteiger partial charge in [0, 0.05) is 12.4 Å². The molecule has 0 bridgehead atoms. The fourth-order valence-corrected chi connectivity index (χ4v) is 1.90. The summed E-state index contributed by atoms with van der Waals surface area (Å²) < 4.78 is 0. The number of hydrogen-bond donors (Lipinski definition) is 2. The fourth-order valence-electron chi connectivity index (χ4n) is 1.55. The van der Waals surface area contributed by atoms with Crippen LogP contribution in [0.1, 0.15) is 10.4 Å². The smallest absolute Gasteiger partial charge is 0.253 e. The van der Waals surface area contributed by atoms with Gasteiger partial charge < -0.3 is 10.6 Å². The van der Waals surface area contributed by atoms with Crippen molar-refractivity contribution in [2.24, 2.45) is 0 Å². The SMILES string of the molecule is O=C(CNC(=O)c1cccnc1)Nc1cccc(Cl)c1Cl. The molecule has 0 aliphatic rings. The van der Waals surface area contributed by atoms with Crippen LogP contribution in [0.3, 0.4) is 0 Å². The third-order valence-corrected chi connectivity index (χ3v) is 3.38. The molecule has 0 unspecified atom stereocenters. The summed E-state index contributed by atoms with van der Waals surface area (Å²) in [6, 6.07) is 8.14. The Kier molecular flexibility index (Phi) is 5.14. The van der Waals surface area contributed by atoms with Crippen molar-refractivity contribution in [3.8, 4) is 0 Å². The standard InChI is InChI=1S/C14H11Cl2N3O2/c15-10-4-1-5-11(13(10)16)19-12(20)8-18-14(21)9-3-2-6-17-7-9/h1-7H,8H2,(H,18,21)(H,19,20). The molecule has 21 heavy (non-hydrogen) atoms. The van der Waals surface area contributed by atoms with Crippen LogP contribution in [0, 0.1) is 0 Å². The van der Waals surface area contributed by atoms with E-state index in [1.54, 1.807) is 36.5 Å². The highest BCUT2D eigenvalue weighted by molar-refractivity contribution is 6.44. The van der Waals surface area contributed by atoms with Gasteiger partial charge in [0.15, 0.2) is 0 Å². The molecule has 2 amide bonds. The molecule has 0 aliphatic heterocycles. The summed E-state index contributed by atoms with van der Waals surface area (Å²) in [5.74, 6) is -0.785. The van der Waals surface area contributed by atoms with E-state index in [2.05, 4.69) is 15.6 Å². The Morgan fingerprint density at radius 2 is 1.95 bits per heavy atom. The zero-order valence-corrected chi connectivity index (χ0v) is 12.3. The van der Waals surface area contributed by atoms with E-state index in [4.69, 9.17) is 23.2 Å². The van der Waals surface area contributed by atoms with Gasteiger partial charge in [-0.15, -0.1) is 0 Å². The summed E-state index contributed by atoms with van der Waals surface area (Å²) in [4.78, 5) is 27.3. The van der Waals surface area contributed by atoms with E-state index in [9.17, 15) is 9.59 Å². The van der Waals surface area contributed by atoms with Crippen molar-refractivity contribution in [3.63, 3.8) is 0 Å². The monoisotopic (exact) mass is 323 g/mol. The van der Waals surface area contributed by atoms with Gasteiger partial charge in [-0.25, -0.2) is 0 Å². The van der Waals surface area contributed by atoms with Crippen molar-refractivity contribution in [3.05, 3.63) is 58.3 Å². The molecule has 2 rings (SSSR count). The third kappa shape index (κ3) is 4.18. The molecule has 1 heterocycles. The minimum atomic E-state index is -0.406. The molecule has 2 aromatic rings. The van der Waals surface area contributed by atoms with Crippen molar-refractivity contribution < 1.29 is 9.59 Å². The molecule has 1 aromatic carbocycles. The van der Waals surface area contributed by atoms with E-state index in [-0.39, 0.29) is 17.5 Å². The first kappa shape index (κ1) is 15.3. The largest absolute Gasteiger partial charge is 0.343 e. The van der Waals surface area contributed by atoms with Crippen LogP contribution < -0.4 is 10.6 Å². The number of pyridine rings is 1. The van der Waals surface area contributed by atoms with Crippen molar-refractivity contribution in [1.82, 2.24) is 10.3 Å². The second-order valence-corrected chi connectivity index (χ2v) is 4.86. The van der Waals surface area contributed by atoms with Crippen LogP contribution in [0.15, 0.2) is 42.7 Å². The summed E-state index contributed by atoms with van der Waals surface area (Å²) in [6.07, 6.45) is 2.98. The average molecular weight is 324 g/mol. The Hall–Kier alpha value is -2.11. The lowest BCUT2D eigenvalue weighted by Crippen LogP contribution is -2.32. The van der Waals surface area contributed by atoms with Gasteiger partial charge in [0.1, 0.15) is 0 Å². The van der Waals surface area contributed by atoms with Gasteiger partial charge in [-0.2, -0.15) is 0 Å².